The molecule has 1 atom stereocenters. The average Bonchev–Trinajstić information content (AvgIpc) is 2.89. The van der Waals surface area contributed by atoms with Gasteiger partial charge in [0.15, 0.2) is 0 Å². The van der Waals surface area contributed by atoms with Gasteiger partial charge in [0.2, 0.25) is 0 Å². The van der Waals surface area contributed by atoms with Gasteiger partial charge < -0.3 is 10.3 Å². The fraction of sp³-hybridized carbons (Fsp3) is 0.333. The Bertz CT molecular complexity index is 457. The summed E-state index contributed by atoms with van der Waals surface area (Å²) in [7, 11) is 0. The molecular formula is C12H14N2S. The van der Waals surface area contributed by atoms with Crippen LogP contribution < -0.4 is 5.32 Å². The number of rotatable bonds is 2. The van der Waals surface area contributed by atoms with Crippen molar-refractivity contribution < 1.29 is 0 Å². The number of hydrogen-bond donors (Lipinski definition) is 2. The summed E-state index contributed by atoms with van der Waals surface area (Å²) in [4.78, 5) is 4.71. The van der Waals surface area contributed by atoms with Crippen molar-refractivity contribution in [2.24, 2.45) is 0 Å². The minimum Gasteiger partial charge on any atom is -0.360 e. The van der Waals surface area contributed by atoms with Gasteiger partial charge in [0.25, 0.3) is 0 Å². The molecule has 1 fully saturated rings. The number of aromatic amines is 1. The Balaban J connectivity index is 1.90. The Labute approximate surface area is 93.4 Å². The van der Waals surface area contributed by atoms with Crippen LogP contribution in [0, 0.1) is 0 Å². The third-order valence-corrected chi connectivity index (χ3v) is 4.19. The zero-order valence-electron chi connectivity index (χ0n) is 8.49. The van der Waals surface area contributed by atoms with E-state index in [0.29, 0.717) is 0 Å². The predicted octanol–water partition coefficient (Wildman–Crippen LogP) is 2.62. The predicted molar refractivity (Wildman–Crippen MR) is 65.4 cm³/mol. The van der Waals surface area contributed by atoms with Crippen LogP contribution in [0.4, 0.5) is 0 Å². The highest BCUT2D eigenvalue weighted by Crippen LogP contribution is 2.32. The number of thioether (sulfide) groups is 1. The average molecular weight is 218 g/mol. The highest BCUT2D eigenvalue weighted by atomic mass is 32.2. The Morgan fingerprint density at radius 3 is 3.07 bits per heavy atom. The van der Waals surface area contributed by atoms with E-state index in [9.17, 15) is 0 Å². The van der Waals surface area contributed by atoms with Gasteiger partial charge in [-0.3, -0.25) is 0 Å². The monoisotopic (exact) mass is 218 g/mol. The highest BCUT2D eigenvalue weighted by Gasteiger charge is 2.16. The molecule has 0 aliphatic carbocycles. The molecule has 1 saturated heterocycles. The lowest BCUT2D eigenvalue weighted by atomic mass is 10.2. The standard InChI is InChI=1S/C12H14N2S/c1-2-4-11-10(3-1)12(8-14-11)15-9-5-6-13-7-9/h1-4,8-9,13-14H,5-7H2. The molecular weight excluding hydrogens is 204 g/mol. The lowest BCUT2D eigenvalue weighted by Crippen LogP contribution is -2.09. The van der Waals surface area contributed by atoms with E-state index in [4.69, 9.17) is 0 Å². The number of H-pyrrole nitrogens is 1. The molecule has 1 aliphatic rings. The van der Waals surface area contributed by atoms with Crippen LogP contribution in [-0.4, -0.2) is 23.3 Å². The Kier molecular flexibility index (Phi) is 2.43. The summed E-state index contributed by atoms with van der Waals surface area (Å²) in [6.45, 7) is 2.31. The molecule has 2 aromatic rings. The SMILES string of the molecule is c1ccc2c(SC3CCNC3)c[nH]c2c1. The molecule has 2 nitrogen and oxygen atoms in total. The molecule has 3 rings (SSSR count). The van der Waals surface area contributed by atoms with Crippen molar-refractivity contribution in [1.82, 2.24) is 10.3 Å². The summed E-state index contributed by atoms with van der Waals surface area (Å²) in [5, 5.41) is 5.50. The molecule has 0 bridgehead atoms. The topological polar surface area (TPSA) is 27.8 Å². The second-order valence-electron chi connectivity index (χ2n) is 3.93. The van der Waals surface area contributed by atoms with Crippen molar-refractivity contribution in [3.63, 3.8) is 0 Å². The number of nitrogens with one attached hydrogen (secondary N) is 2. The molecule has 15 heavy (non-hydrogen) atoms. The van der Waals surface area contributed by atoms with Gasteiger partial charge in [0, 0.05) is 33.8 Å². The largest absolute Gasteiger partial charge is 0.360 e. The molecule has 1 aromatic carbocycles. The summed E-state index contributed by atoms with van der Waals surface area (Å²) < 4.78 is 0. The summed E-state index contributed by atoms with van der Waals surface area (Å²) in [6, 6.07) is 8.50. The highest BCUT2D eigenvalue weighted by molar-refractivity contribution is 8.00. The van der Waals surface area contributed by atoms with Gasteiger partial charge in [-0.05, 0) is 19.0 Å². The van der Waals surface area contributed by atoms with Crippen molar-refractivity contribution in [2.45, 2.75) is 16.6 Å². The van der Waals surface area contributed by atoms with Crippen LogP contribution in [0.15, 0.2) is 35.4 Å². The van der Waals surface area contributed by atoms with E-state index >= 15 is 0 Å². The van der Waals surface area contributed by atoms with Crippen LogP contribution in [0.2, 0.25) is 0 Å². The lowest BCUT2D eigenvalue weighted by molar-refractivity contribution is 0.858. The van der Waals surface area contributed by atoms with Crippen LogP contribution in [0.5, 0.6) is 0 Å². The smallest absolute Gasteiger partial charge is 0.0465 e. The first-order chi connectivity index (χ1) is 7.43. The van der Waals surface area contributed by atoms with Crippen LogP contribution in [-0.2, 0) is 0 Å². The quantitative estimate of drug-likeness (QED) is 0.811. The van der Waals surface area contributed by atoms with Crippen molar-refractivity contribution in [3.8, 4) is 0 Å². The van der Waals surface area contributed by atoms with Gasteiger partial charge in [0.05, 0.1) is 0 Å². The molecule has 2 heterocycles. The second-order valence-corrected chi connectivity index (χ2v) is 5.27. The number of para-hydroxylation sites is 1. The molecule has 1 aromatic heterocycles. The Morgan fingerprint density at radius 2 is 2.20 bits per heavy atom. The summed E-state index contributed by atoms with van der Waals surface area (Å²) >= 11 is 1.99. The van der Waals surface area contributed by atoms with E-state index in [-0.39, 0.29) is 0 Å². The van der Waals surface area contributed by atoms with E-state index < -0.39 is 0 Å². The molecule has 2 N–H and O–H groups in total. The van der Waals surface area contributed by atoms with Gasteiger partial charge >= 0.3 is 0 Å². The van der Waals surface area contributed by atoms with Crippen molar-refractivity contribution in [1.29, 1.82) is 0 Å². The first-order valence-electron chi connectivity index (χ1n) is 5.37. The number of benzene rings is 1. The van der Waals surface area contributed by atoms with E-state index in [1.165, 1.54) is 28.8 Å². The Morgan fingerprint density at radius 1 is 1.27 bits per heavy atom. The van der Waals surface area contributed by atoms with Crippen molar-refractivity contribution in [3.05, 3.63) is 30.5 Å². The molecule has 3 heteroatoms. The van der Waals surface area contributed by atoms with Gasteiger partial charge in [0.1, 0.15) is 0 Å². The third-order valence-electron chi connectivity index (χ3n) is 2.86. The molecule has 1 aliphatic heterocycles. The van der Waals surface area contributed by atoms with Crippen LogP contribution >= 0.6 is 11.8 Å². The maximum absolute atomic E-state index is 3.40. The first kappa shape index (κ1) is 9.31. The zero-order valence-corrected chi connectivity index (χ0v) is 9.31. The Hall–Kier alpha value is -0.930. The molecule has 0 amide bonds. The normalized spacial score (nSPS) is 21.2. The van der Waals surface area contributed by atoms with Gasteiger partial charge in [-0.25, -0.2) is 0 Å². The maximum atomic E-state index is 3.40. The van der Waals surface area contributed by atoms with Crippen molar-refractivity contribution in [2.75, 3.05) is 13.1 Å². The molecule has 0 spiro atoms. The summed E-state index contributed by atoms with van der Waals surface area (Å²) in [5.41, 5.74) is 1.24. The second kappa shape index (κ2) is 3.91. The van der Waals surface area contributed by atoms with Crippen LogP contribution in [0.3, 0.4) is 0 Å². The fourth-order valence-corrected chi connectivity index (χ4v) is 3.28. The lowest BCUT2D eigenvalue weighted by Gasteiger charge is -2.05. The zero-order chi connectivity index (χ0) is 10.1. The number of fused-ring (bicyclic) bond motifs is 1. The van der Waals surface area contributed by atoms with Crippen molar-refractivity contribution >= 4 is 22.7 Å². The maximum Gasteiger partial charge on any atom is 0.0465 e. The van der Waals surface area contributed by atoms with E-state index in [2.05, 4.69) is 40.8 Å². The van der Waals surface area contributed by atoms with Gasteiger partial charge in [-0.2, -0.15) is 0 Å². The number of hydrogen-bond acceptors (Lipinski definition) is 2. The minimum absolute atomic E-state index is 0.740. The first-order valence-corrected chi connectivity index (χ1v) is 6.25. The molecule has 0 saturated carbocycles. The summed E-state index contributed by atoms with van der Waals surface area (Å²) in [5.74, 6) is 0. The molecule has 1 unspecified atom stereocenters. The molecule has 78 valence electrons. The molecule has 0 radical (unpaired) electrons. The third kappa shape index (κ3) is 1.77. The van der Waals surface area contributed by atoms with Crippen LogP contribution in [0.25, 0.3) is 10.9 Å². The number of aromatic nitrogens is 1. The fourth-order valence-electron chi connectivity index (χ4n) is 2.05. The van der Waals surface area contributed by atoms with E-state index in [1.54, 1.807) is 0 Å². The minimum atomic E-state index is 0.740. The van der Waals surface area contributed by atoms with Gasteiger partial charge in [-0.15, -0.1) is 11.8 Å². The van der Waals surface area contributed by atoms with Crippen LogP contribution in [0.1, 0.15) is 6.42 Å². The van der Waals surface area contributed by atoms with E-state index in [1.807, 2.05) is 11.8 Å². The van der Waals surface area contributed by atoms with E-state index in [0.717, 1.165) is 11.8 Å². The van der Waals surface area contributed by atoms with Gasteiger partial charge in [-0.1, -0.05) is 18.2 Å². The summed E-state index contributed by atoms with van der Waals surface area (Å²) in [6.07, 6.45) is 3.41.